The molecule has 0 aliphatic carbocycles. The molecular weight excluding hydrogens is 288 g/mol. The molecule has 21 heavy (non-hydrogen) atoms. The molecule has 0 saturated carbocycles. The number of carbonyl (C=O) groups is 1. The Bertz CT molecular complexity index is 630. The first-order valence-electron chi connectivity index (χ1n) is 7.31. The van der Waals surface area contributed by atoms with Gasteiger partial charge >= 0.3 is 0 Å². The first kappa shape index (κ1) is 14.5. The van der Waals surface area contributed by atoms with Crippen LogP contribution >= 0.6 is 0 Å². The maximum atomic E-state index is 12.5. The normalized spacial score (nSPS) is 32.3. The number of benzene rings is 1. The topological polar surface area (TPSA) is 66.5 Å². The summed E-state index contributed by atoms with van der Waals surface area (Å²) in [5, 5.41) is 3.28. The summed E-state index contributed by atoms with van der Waals surface area (Å²) in [4.78, 5) is 14.2. The van der Waals surface area contributed by atoms with Gasteiger partial charge in [-0.2, -0.15) is 0 Å². The summed E-state index contributed by atoms with van der Waals surface area (Å²) in [6.07, 6.45) is 1.15. The van der Waals surface area contributed by atoms with Gasteiger partial charge in [-0.05, 0) is 25.3 Å². The lowest BCUT2D eigenvalue weighted by molar-refractivity contribution is -0.131. The van der Waals surface area contributed by atoms with Gasteiger partial charge < -0.3 is 4.90 Å². The predicted molar refractivity (Wildman–Crippen MR) is 80.3 cm³/mol. The van der Waals surface area contributed by atoms with E-state index >= 15 is 0 Å². The van der Waals surface area contributed by atoms with E-state index in [0.29, 0.717) is 6.42 Å². The largest absolute Gasteiger partial charge is 0.318 e. The van der Waals surface area contributed by atoms with E-state index in [-0.39, 0.29) is 35.7 Å². The lowest BCUT2D eigenvalue weighted by Crippen LogP contribution is -2.46. The highest BCUT2D eigenvalue weighted by molar-refractivity contribution is 7.91. The maximum absolute atomic E-state index is 12.5. The first-order valence-corrected chi connectivity index (χ1v) is 9.14. The molecule has 5 nitrogen and oxygen atoms in total. The Morgan fingerprint density at radius 2 is 1.95 bits per heavy atom. The van der Waals surface area contributed by atoms with Gasteiger partial charge in [-0.3, -0.25) is 10.1 Å². The molecule has 0 radical (unpaired) electrons. The highest BCUT2D eigenvalue weighted by Crippen LogP contribution is 2.31. The number of hydrogen-bond donors (Lipinski definition) is 1. The zero-order valence-electron chi connectivity index (χ0n) is 12.0. The van der Waals surface area contributed by atoms with Gasteiger partial charge in [-0.25, -0.2) is 8.42 Å². The van der Waals surface area contributed by atoms with Crippen LogP contribution in [0.25, 0.3) is 0 Å². The van der Waals surface area contributed by atoms with E-state index in [4.69, 9.17) is 0 Å². The van der Waals surface area contributed by atoms with Crippen LogP contribution in [0.5, 0.6) is 0 Å². The van der Waals surface area contributed by atoms with Gasteiger partial charge in [-0.15, -0.1) is 0 Å². The van der Waals surface area contributed by atoms with Gasteiger partial charge in [-0.1, -0.05) is 30.3 Å². The van der Waals surface area contributed by atoms with Crippen LogP contribution in [0.3, 0.4) is 0 Å². The minimum Gasteiger partial charge on any atom is -0.318 e. The Morgan fingerprint density at radius 1 is 1.24 bits per heavy atom. The van der Waals surface area contributed by atoms with Crippen molar-refractivity contribution in [3.63, 3.8) is 0 Å². The summed E-state index contributed by atoms with van der Waals surface area (Å²) in [7, 11) is -3.04. The number of nitrogens with one attached hydrogen (secondary N) is 1. The molecule has 1 aromatic rings. The summed E-state index contributed by atoms with van der Waals surface area (Å²) in [5.41, 5.74) is 0.998. The number of sulfone groups is 1. The van der Waals surface area contributed by atoms with Crippen molar-refractivity contribution >= 4 is 15.7 Å². The molecule has 1 amide bonds. The second kappa shape index (κ2) is 5.42. The molecule has 3 atom stereocenters. The number of rotatable bonds is 2. The van der Waals surface area contributed by atoms with Crippen molar-refractivity contribution in [2.24, 2.45) is 0 Å². The molecule has 3 unspecified atom stereocenters. The Labute approximate surface area is 125 Å². The fourth-order valence-corrected chi connectivity index (χ4v) is 4.93. The van der Waals surface area contributed by atoms with Crippen LogP contribution in [-0.4, -0.2) is 42.8 Å². The molecule has 1 aromatic carbocycles. The van der Waals surface area contributed by atoms with Crippen LogP contribution in [0.15, 0.2) is 30.3 Å². The van der Waals surface area contributed by atoms with Crippen LogP contribution in [0, 0.1) is 0 Å². The third kappa shape index (κ3) is 2.82. The van der Waals surface area contributed by atoms with E-state index in [0.717, 1.165) is 12.0 Å². The first-order chi connectivity index (χ1) is 9.98. The van der Waals surface area contributed by atoms with E-state index in [1.165, 1.54) is 0 Å². The molecule has 6 heteroatoms. The molecule has 0 spiro atoms. The second-order valence-corrected chi connectivity index (χ2v) is 8.09. The smallest absolute Gasteiger partial charge is 0.241 e. The van der Waals surface area contributed by atoms with Crippen LogP contribution in [0.4, 0.5) is 0 Å². The minimum atomic E-state index is -3.04. The average Bonchev–Trinajstić information content (AvgIpc) is 2.75. The quantitative estimate of drug-likeness (QED) is 0.888. The SMILES string of the molecule is CC1NC(c2ccccc2)N(C2CCCS(=O)(=O)C2)C1=O. The third-order valence-electron chi connectivity index (χ3n) is 4.26. The monoisotopic (exact) mass is 308 g/mol. The predicted octanol–water partition coefficient (Wildman–Crippen LogP) is 1.08. The van der Waals surface area contributed by atoms with Crippen molar-refractivity contribution in [3.05, 3.63) is 35.9 Å². The summed E-state index contributed by atoms with van der Waals surface area (Å²) >= 11 is 0. The van der Waals surface area contributed by atoms with Gasteiger partial charge in [0.05, 0.1) is 17.5 Å². The highest BCUT2D eigenvalue weighted by atomic mass is 32.2. The molecule has 1 N–H and O–H groups in total. The fraction of sp³-hybridized carbons (Fsp3) is 0.533. The molecular formula is C15H20N2O3S. The van der Waals surface area contributed by atoms with Gasteiger partial charge in [0.1, 0.15) is 6.17 Å². The number of nitrogens with zero attached hydrogens (tertiary/aromatic N) is 1. The van der Waals surface area contributed by atoms with Gasteiger partial charge in [0, 0.05) is 6.04 Å². The van der Waals surface area contributed by atoms with E-state index in [1.807, 2.05) is 37.3 Å². The standard InChI is InChI=1S/C15H20N2O3S/c1-11-15(18)17(13-8-5-9-21(19,20)10-13)14(16-11)12-6-3-2-4-7-12/h2-4,6-7,11,13-14,16H,5,8-10H2,1H3. The second-order valence-electron chi connectivity index (χ2n) is 5.86. The van der Waals surface area contributed by atoms with Crippen LogP contribution < -0.4 is 5.32 Å². The zero-order chi connectivity index (χ0) is 15.0. The average molecular weight is 308 g/mol. The zero-order valence-corrected chi connectivity index (χ0v) is 12.8. The number of hydrogen-bond acceptors (Lipinski definition) is 4. The molecule has 2 fully saturated rings. The van der Waals surface area contributed by atoms with Crippen molar-refractivity contribution in [3.8, 4) is 0 Å². The summed E-state index contributed by atoms with van der Waals surface area (Å²) in [6.45, 7) is 1.83. The van der Waals surface area contributed by atoms with E-state index in [2.05, 4.69) is 5.32 Å². The maximum Gasteiger partial charge on any atom is 0.241 e. The highest BCUT2D eigenvalue weighted by Gasteiger charge is 2.43. The molecule has 0 aromatic heterocycles. The van der Waals surface area contributed by atoms with Gasteiger partial charge in [0.25, 0.3) is 0 Å². The lowest BCUT2D eigenvalue weighted by atomic mass is 10.1. The minimum absolute atomic E-state index is 0.00838. The van der Waals surface area contributed by atoms with Crippen LogP contribution in [0.1, 0.15) is 31.5 Å². The fourth-order valence-electron chi connectivity index (χ4n) is 3.24. The van der Waals surface area contributed by atoms with Crippen molar-refractivity contribution in [1.82, 2.24) is 10.2 Å². The van der Waals surface area contributed by atoms with Crippen LogP contribution in [-0.2, 0) is 14.6 Å². The Hall–Kier alpha value is -1.40. The van der Waals surface area contributed by atoms with Gasteiger partial charge in [0.2, 0.25) is 5.91 Å². The Morgan fingerprint density at radius 3 is 2.62 bits per heavy atom. The van der Waals surface area contributed by atoms with E-state index in [9.17, 15) is 13.2 Å². The third-order valence-corrected chi connectivity index (χ3v) is 6.06. The lowest BCUT2D eigenvalue weighted by Gasteiger charge is -2.35. The Balaban J connectivity index is 1.91. The number of carbonyl (C=O) groups excluding carboxylic acids is 1. The molecule has 2 aliphatic rings. The van der Waals surface area contributed by atoms with Crippen molar-refractivity contribution < 1.29 is 13.2 Å². The summed E-state index contributed by atoms with van der Waals surface area (Å²) in [5.74, 6) is 0.312. The van der Waals surface area contributed by atoms with Crippen molar-refractivity contribution in [2.45, 2.75) is 38.0 Å². The van der Waals surface area contributed by atoms with Crippen molar-refractivity contribution in [2.75, 3.05) is 11.5 Å². The molecule has 114 valence electrons. The molecule has 0 bridgehead atoms. The number of amides is 1. The molecule has 2 saturated heterocycles. The van der Waals surface area contributed by atoms with E-state index < -0.39 is 9.84 Å². The van der Waals surface area contributed by atoms with Crippen molar-refractivity contribution in [1.29, 1.82) is 0 Å². The summed E-state index contributed by atoms with van der Waals surface area (Å²) < 4.78 is 23.8. The Kier molecular flexibility index (Phi) is 3.75. The molecule has 2 heterocycles. The van der Waals surface area contributed by atoms with E-state index in [1.54, 1.807) is 4.90 Å². The summed E-state index contributed by atoms with van der Waals surface area (Å²) in [6, 6.07) is 9.22. The molecule has 2 aliphatic heterocycles. The molecule has 3 rings (SSSR count). The van der Waals surface area contributed by atoms with Gasteiger partial charge in [0.15, 0.2) is 9.84 Å². The van der Waals surface area contributed by atoms with Crippen LogP contribution in [0.2, 0.25) is 0 Å².